The zero-order valence-electron chi connectivity index (χ0n) is 13.1. The van der Waals surface area contributed by atoms with Crippen molar-refractivity contribution in [1.82, 2.24) is 0 Å². The normalized spacial score (nSPS) is 27.7. The summed E-state index contributed by atoms with van der Waals surface area (Å²) in [6, 6.07) is 0. The maximum absolute atomic E-state index is 12.2. The van der Waals surface area contributed by atoms with Crippen molar-refractivity contribution >= 4 is 5.97 Å². The second-order valence-electron chi connectivity index (χ2n) is 8.68. The van der Waals surface area contributed by atoms with Gasteiger partial charge >= 0.3 is 5.97 Å². The van der Waals surface area contributed by atoms with Crippen LogP contribution in [0.25, 0.3) is 0 Å². The van der Waals surface area contributed by atoms with Crippen LogP contribution in [0.15, 0.2) is 0 Å². The summed E-state index contributed by atoms with van der Waals surface area (Å²) in [7, 11) is 0. The second-order valence-corrected chi connectivity index (χ2v) is 8.68. The van der Waals surface area contributed by atoms with Crippen molar-refractivity contribution in [2.45, 2.75) is 84.3 Å². The van der Waals surface area contributed by atoms with Crippen molar-refractivity contribution in [3.8, 4) is 0 Å². The maximum atomic E-state index is 12.2. The van der Waals surface area contributed by atoms with Gasteiger partial charge in [0, 0.05) is 0 Å². The van der Waals surface area contributed by atoms with Crippen molar-refractivity contribution in [3.63, 3.8) is 0 Å². The number of rotatable bonds is 1. The molecular weight excluding hydrogens is 238 g/mol. The first-order chi connectivity index (χ1) is 8.46. The lowest BCUT2D eigenvalue weighted by Gasteiger charge is -2.57. The van der Waals surface area contributed by atoms with E-state index in [2.05, 4.69) is 13.8 Å². The average Bonchev–Trinajstić information content (AvgIpc) is 2.17. The fourth-order valence-electron chi connectivity index (χ4n) is 3.62. The molecule has 110 valence electrons. The lowest BCUT2D eigenvalue weighted by Crippen LogP contribution is -2.65. The van der Waals surface area contributed by atoms with Crippen LogP contribution in [0.4, 0.5) is 0 Å². The maximum Gasteiger partial charge on any atom is 0.326 e. The first-order valence-corrected chi connectivity index (χ1v) is 7.48. The minimum Gasteiger partial charge on any atom is -0.459 e. The summed E-state index contributed by atoms with van der Waals surface area (Å²) in [6.07, 6.45) is 6.54. The third-order valence-electron chi connectivity index (χ3n) is 4.85. The Morgan fingerprint density at radius 2 is 1.53 bits per heavy atom. The molecule has 0 radical (unpaired) electrons. The fraction of sp³-hybridized carbons (Fsp3) is 0.938. The van der Waals surface area contributed by atoms with Crippen molar-refractivity contribution in [3.05, 3.63) is 0 Å². The Kier molecular flexibility index (Phi) is 3.29. The van der Waals surface area contributed by atoms with Gasteiger partial charge in [0.25, 0.3) is 0 Å². The molecule has 0 heterocycles. The Bertz CT molecular complexity index is 361. The van der Waals surface area contributed by atoms with Crippen LogP contribution in [-0.4, -0.2) is 17.1 Å². The van der Waals surface area contributed by atoms with Crippen LogP contribution < -0.4 is 5.73 Å². The average molecular weight is 267 g/mol. The molecule has 19 heavy (non-hydrogen) atoms. The van der Waals surface area contributed by atoms with E-state index in [4.69, 9.17) is 10.5 Å². The second kappa shape index (κ2) is 4.21. The standard InChI is InChI=1S/C16H29NO2/c1-13(2,3)19-12(18)16(17)10-15(11-16)8-6-14(4,5)7-9-15/h6-11,17H2,1-5H3. The molecule has 2 fully saturated rings. The van der Waals surface area contributed by atoms with E-state index in [1.807, 2.05) is 20.8 Å². The highest BCUT2D eigenvalue weighted by Gasteiger charge is 2.58. The largest absolute Gasteiger partial charge is 0.459 e. The summed E-state index contributed by atoms with van der Waals surface area (Å²) in [5, 5.41) is 0. The van der Waals surface area contributed by atoms with Crippen LogP contribution in [0.2, 0.25) is 0 Å². The highest BCUT2D eigenvalue weighted by Crippen LogP contribution is 2.59. The molecular formula is C16H29NO2. The van der Waals surface area contributed by atoms with Gasteiger partial charge in [0.05, 0.1) is 0 Å². The summed E-state index contributed by atoms with van der Waals surface area (Å²) < 4.78 is 5.46. The Morgan fingerprint density at radius 3 is 1.95 bits per heavy atom. The molecule has 0 aromatic carbocycles. The van der Waals surface area contributed by atoms with Gasteiger partial charge in [0.2, 0.25) is 0 Å². The number of carbonyl (C=O) groups excluding carboxylic acids is 1. The van der Waals surface area contributed by atoms with Crippen molar-refractivity contribution in [1.29, 1.82) is 0 Å². The topological polar surface area (TPSA) is 52.3 Å². The summed E-state index contributed by atoms with van der Waals surface area (Å²) in [6.45, 7) is 10.4. The van der Waals surface area contributed by atoms with Gasteiger partial charge in [0.1, 0.15) is 11.1 Å². The molecule has 0 aromatic rings. The number of ether oxygens (including phenoxy) is 1. The molecule has 0 bridgehead atoms. The number of esters is 1. The summed E-state index contributed by atoms with van der Waals surface area (Å²) >= 11 is 0. The van der Waals surface area contributed by atoms with E-state index in [1.54, 1.807) is 0 Å². The Labute approximate surface area is 117 Å². The minimum atomic E-state index is -0.727. The molecule has 2 saturated carbocycles. The van der Waals surface area contributed by atoms with Crippen LogP contribution >= 0.6 is 0 Å². The van der Waals surface area contributed by atoms with E-state index in [1.165, 1.54) is 25.7 Å². The molecule has 2 aliphatic carbocycles. The lowest BCUT2D eigenvalue weighted by atomic mass is 9.50. The van der Waals surface area contributed by atoms with Gasteiger partial charge < -0.3 is 10.5 Å². The van der Waals surface area contributed by atoms with Gasteiger partial charge in [-0.3, -0.25) is 4.79 Å². The Balaban J connectivity index is 1.93. The number of nitrogens with two attached hydrogens (primary N) is 1. The highest BCUT2D eigenvalue weighted by molar-refractivity contribution is 5.82. The fourth-order valence-corrected chi connectivity index (χ4v) is 3.62. The lowest BCUT2D eigenvalue weighted by molar-refractivity contribution is -0.174. The molecule has 0 aliphatic heterocycles. The predicted octanol–water partition coefficient (Wildman–Crippen LogP) is 3.41. The minimum absolute atomic E-state index is 0.213. The quantitative estimate of drug-likeness (QED) is 0.741. The van der Waals surface area contributed by atoms with Crippen LogP contribution in [0.5, 0.6) is 0 Å². The van der Waals surface area contributed by atoms with E-state index in [0.717, 1.165) is 12.8 Å². The van der Waals surface area contributed by atoms with Crippen LogP contribution in [0, 0.1) is 10.8 Å². The molecule has 0 saturated heterocycles. The molecule has 3 nitrogen and oxygen atoms in total. The van der Waals surface area contributed by atoms with Crippen molar-refractivity contribution < 1.29 is 9.53 Å². The van der Waals surface area contributed by atoms with E-state index in [0.29, 0.717) is 10.8 Å². The van der Waals surface area contributed by atoms with Gasteiger partial charge in [-0.15, -0.1) is 0 Å². The van der Waals surface area contributed by atoms with E-state index in [-0.39, 0.29) is 5.97 Å². The molecule has 2 rings (SSSR count). The molecule has 2 N–H and O–H groups in total. The zero-order valence-corrected chi connectivity index (χ0v) is 13.1. The molecule has 0 amide bonds. The van der Waals surface area contributed by atoms with Gasteiger partial charge in [-0.2, -0.15) is 0 Å². The van der Waals surface area contributed by atoms with Crippen molar-refractivity contribution in [2.24, 2.45) is 16.6 Å². The molecule has 0 atom stereocenters. The Hall–Kier alpha value is -0.570. The molecule has 2 aliphatic rings. The van der Waals surface area contributed by atoms with Gasteiger partial charge in [-0.25, -0.2) is 0 Å². The monoisotopic (exact) mass is 267 g/mol. The summed E-state index contributed by atoms with van der Waals surface area (Å²) in [5.74, 6) is -0.213. The van der Waals surface area contributed by atoms with Gasteiger partial charge in [0.15, 0.2) is 0 Å². The predicted molar refractivity (Wildman–Crippen MR) is 76.7 cm³/mol. The first kappa shape index (κ1) is 14.8. The van der Waals surface area contributed by atoms with Crippen LogP contribution in [0.3, 0.4) is 0 Å². The third-order valence-corrected chi connectivity index (χ3v) is 4.85. The van der Waals surface area contributed by atoms with Crippen molar-refractivity contribution in [2.75, 3.05) is 0 Å². The number of hydrogen-bond donors (Lipinski definition) is 1. The zero-order chi connectivity index (χ0) is 14.5. The number of hydrogen-bond acceptors (Lipinski definition) is 3. The third kappa shape index (κ3) is 3.13. The Morgan fingerprint density at radius 1 is 1.05 bits per heavy atom. The molecule has 0 aromatic heterocycles. The van der Waals surface area contributed by atoms with E-state index < -0.39 is 11.1 Å². The molecule has 3 heteroatoms. The van der Waals surface area contributed by atoms with Crippen LogP contribution in [0.1, 0.15) is 73.1 Å². The van der Waals surface area contributed by atoms with Crippen LogP contribution in [-0.2, 0) is 9.53 Å². The SMILES string of the molecule is CC1(C)CCC2(CC1)CC(N)(C(=O)OC(C)(C)C)C2. The summed E-state index contributed by atoms with van der Waals surface area (Å²) in [4.78, 5) is 12.2. The molecule has 0 unspecified atom stereocenters. The van der Waals surface area contributed by atoms with Gasteiger partial charge in [-0.1, -0.05) is 13.8 Å². The highest BCUT2D eigenvalue weighted by atomic mass is 16.6. The first-order valence-electron chi connectivity index (χ1n) is 7.48. The molecule has 1 spiro atoms. The smallest absolute Gasteiger partial charge is 0.326 e. The van der Waals surface area contributed by atoms with E-state index >= 15 is 0 Å². The van der Waals surface area contributed by atoms with E-state index in [9.17, 15) is 4.79 Å². The van der Waals surface area contributed by atoms with Gasteiger partial charge in [-0.05, 0) is 70.1 Å². The summed E-state index contributed by atoms with van der Waals surface area (Å²) in [5.41, 5.74) is 5.86. The number of carbonyl (C=O) groups is 1.